The number of rotatable bonds is 2. The third-order valence-corrected chi connectivity index (χ3v) is 5.19. The summed E-state index contributed by atoms with van der Waals surface area (Å²) < 4.78 is 1.97. The lowest BCUT2D eigenvalue weighted by molar-refractivity contribution is -0.124. The van der Waals surface area contributed by atoms with Gasteiger partial charge in [0.15, 0.2) is 0 Å². The van der Waals surface area contributed by atoms with E-state index in [1.807, 2.05) is 78.4 Å². The highest BCUT2D eigenvalue weighted by Gasteiger charge is 2.28. The first kappa shape index (κ1) is 17.2. The van der Waals surface area contributed by atoms with Gasteiger partial charge in [-0.25, -0.2) is 4.98 Å². The molecule has 1 aliphatic rings. The minimum atomic E-state index is -0.305. The van der Waals surface area contributed by atoms with Gasteiger partial charge in [0.05, 0.1) is 11.4 Å². The highest BCUT2D eigenvalue weighted by Crippen LogP contribution is 2.40. The van der Waals surface area contributed by atoms with Crippen molar-refractivity contribution in [3.63, 3.8) is 0 Å². The fraction of sp³-hybridized carbons (Fsp3) is 0.0870. The number of imidazole rings is 1. The topological polar surface area (TPSA) is 67.2 Å². The Balaban J connectivity index is 1.65. The molecule has 3 aromatic carbocycles. The standard InChI is InChI=1S/C23H18N4O2/c1-15-24-12-13-26(15)17-7-9-18(10-8-17)27-20-11-6-16-4-2-3-5-19(16)23(20)25-21(28)14-22(27)29/h2-13H,14H2,1H3,(H,25,28). The van der Waals surface area contributed by atoms with E-state index < -0.39 is 0 Å². The van der Waals surface area contributed by atoms with Crippen LogP contribution in [0.5, 0.6) is 0 Å². The molecule has 2 amide bonds. The van der Waals surface area contributed by atoms with Crippen LogP contribution in [0.15, 0.2) is 73.1 Å². The summed E-state index contributed by atoms with van der Waals surface area (Å²) in [4.78, 5) is 31.2. The number of nitrogens with zero attached hydrogens (tertiary/aromatic N) is 3. The Morgan fingerprint density at radius 1 is 0.931 bits per heavy atom. The molecule has 0 aliphatic carbocycles. The van der Waals surface area contributed by atoms with E-state index in [2.05, 4.69) is 10.3 Å². The largest absolute Gasteiger partial charge is 0.323 e. The monoisotopic (exact) mass is 382 g/mol. The molecule has 0 saturated heterocycles. The average molecular weight is 382 g/mol. The van der Waals surface area contributed by atoms with Crippen molar-refractivity contribution in [1.29, 1.82) is 0 Å². The van der Waals surface area contributed by atoms with Crippen LogP contribution in [0.3, 0.4) is 0 Å². The molecule has 0 fully saturated rings. The van der Waals surface area contributed by atoms with Crippen molar-refractivity contribution in [3.8, 4) is 5.69 Å². The fourth-order valence-electron chi connectivity index (χ4n) is 3.81. The molecule has 0 unspecified atom stereocenters. The number of carbonyl (C=O) groups excluding carboxylic acids is 2. The first-order valence-corrected chi connectivity index (χ1v) is 9.37. The molecule has 1 N–H and O–H groups in total. The quantitative estimate of drug-likeness (QED) is 0.525. The minimum Gasteiger partial charge on any atom is -0.323 e. The third kappa shape index (κ3) is 2.86. The molecule has 0 atom stereocenters. The molecule has 6 nitrogen and oxygen atoms in total. The zero-order chi connectivity index (χ0) is 20.0. The van der Waals surface area contributed by atoms with E-state index in [4.69, 9.17) is 0 Å². The van der Waals surface area contributed by atoms with Crippen LogP contribution in [0.4, 0.5) is 17.1 Å². The van der Waals surface area contributed by atoms with Gasteiger partial charge in [-0.15, -0.1) is 0 Å². The van der Waals surface area contributed by atoms with E-state index in [1.54, 1.807) is 11.1 Å². The maximum Gasteiger partial charge on any atom is 0.241 e. The van der Waals surface area contributed by atoms with E-state index in [9.17, 15) is 9.59 Å². The molecule has 0 spiro atoms. The van der Waals surface area contributed by atoms with Crippen molar-refractivity contribution in [1.82, 2.24) is 9.55 Å². The van der Waals surface area contributed by atoms with Gasteiger partial charge in [-0.05, 0) is 42.6 Å². The third-order valence-electron chi connectivity index (χ3n) is 5.19. The molecular weight excluding hydrogens is 364 g/mol. The Morgan fingerprint density at radius 2 is 1.69 bits per heavy atom. The van der Waals surface area contributed by atoms with Crippen LogP contribution in [0.1, 0.15) is 12.2 Å². The van der Waals surface area contributed by atoms with E-state index in [-0.39, 0.29) is 18.2 Å². The van der Waals surface area contributed by atoms with Gasteiger partial charge in [0.1, 0.15) is 12.2 Å². The van der Waals surface area contributed by atoms with Gasteiger partial charge in [-0.3, -0.25) is 14.5 Å². The lowest BCUT2D eigenvalue weighted by Crippen LogP contribution is -2.26. The normalized spacial score (nSPS) is 13.9. The van der Waals surface area contributed by atoms with Crippen molar-refractivity contribution in [2.75, 3.05) is 10.2 Å². The molecule has 2 heterocycles. The summed E-state index contributed by atoms with van der Waals surface area (Å²) in [6, 6.07) is 19.3. The smallest absolute Gasteiger partial charge is 0.241 e. The van der Waals surface area contributed by atoms with Gasteiger partial charge in [0.2, 0.25) is 11.8 Å². The number of aryl methyl sites for hydroxylation is 1. The van der Waals surface area contributed by atoms with Crippen molar-refractivity contribution in [3.05, 3.63) is 78.9 Å². The van der Waals surface area contributed by atoms with E-state index in [1.165, 1.54) is 0 Å². The molecule has 5 rings (SSSR count). The zero-order valence-corrected chi connectivity index (χ0v) is 15.8. The van der Waals surface area contributed by atoms with Gasteiger partial charge in [-0.2, -0.15) is 0 Å². The predicted molar refractivity (Wildman–Crippen MR) is 113 cm³/mol. The first-order chi connectivity index (χ1) is 14.1. The summed E-state index contributed by atoms with van der Waals surface area (Å²) in [6.07, 6.45) is 3.44. The Morgan fingerprint density at radius 3 is 2.45 bits per heavy atom. The molecule has 0 bridgehead atoms. The number of nitrogens with one attached hydrogen (secondary N) is 1. The molecule has 142 valence electrons. The van der Waals surface area contributed by atoms with Gasteiger partial charge in [-0.1, -0.05) is 30.3 Å². The molecule has 0 saturated carbocycles. The summed E-state index contributed by atoms with van der Waals surface area (Å²) in [6.45, 7) is 1.94. The number of aromatic nitrogens is 2. The maximum atomic E-state index is 12.9. The van der Waals surface area contributed by atoms with E-state index in [0.717, 1.165) is 22.3 Å². The first-order valence-electron chi connectivity index (χ1n) is 9.37. The Bertz CT molecular complexity index is 1260. The van der Waals surface area contributed by atoms with Crippen LogP contribution < -0.4 is 10.2 Å². The number of benzene rings is 3. The number of amides is 2. The van der Waals surface area contributed by atoms with Gasteiger partial charge in [0.25, 0.3) is 0 Å². The number of carbonyl (C=O) groups is 2. The van der Waals surface area contributed by atoms with Crippen LogP contribution >= 0.6 is 0 Å². The molecule has 1 aliphatic heterocycles. The summed E-state index contributed by atoms with van der Waals surface area (Å²) in [5.41, 5.74) is 3.00. The second-order valence-electron chi connectivity index (χ2n) is 7.00. The van der Waals surface area contributed by atoms with Crippen molar-refractivity contribution < 1.29 is 9.59 Å². The maximum absolute atomic E-state index is 12.9. The number of anilines is 3. The molecule has 29 heavy (non-hydrogen) atoms. The predicted octanol–water partition coefficient (Wildman–Crippen LogP) is 4.34. The highest BCUT2D eigenvalue weighted by atomic mass is 16.2. The fourth-order valence-corrected chi connectivity index (χ4v) is 3.81. The SMILES string of the molecule is Cc1nccn1-c1ccc(N2C(=O)CC(=O)Nc3c2ccc2ccccc32)cc1. The van der Waals surface area contributed by atoms with Crippen LogP contribution in [0.2, 0.25) is 0 Å². The second-order valence-corrected chi connectivity index (χ2v) is 7.00. The Kier molecular flexibility index (Phi) is 3.91. The van der Waals surface area contributed by atoms with Crippen molar-refractivity contribution in [2.45, 2.75) is 13.3 Å². The molecule has 4 aromatic rings. The summed E-state index contributed by atoms with van der Waals surface area (Å²) in [7, 11) is 0. The summed E-state index contributed by atoms with van der Waals surface area (Å²) in [5.74, 6) is 0.319. The van der Waals surface area contributed by atoms with Crippen molar-refractivity contribution >= 4 is 39.6 Å². The summed E-state index contributed by atoms with van der Waals surface area (Å²) in [5, 5.41) is 4.84. The van der Waals surface area contributed by atoms with Crippen LogP contribution in [-0.2, 0) is 9.59 Å². The van der Waals surface area contributed by atoms with Crippen LogP contribution in [0, 0.1) is 6.92 Å². The second kappa shape index (κ2) is 6.60. The zero-order valence-electron chi connectivity index (χ0n) is 15.8. The lowest BCUT2D eigenvalue weighted by atomic mass is 10.1. The number of hydrogen-bond acceptors (Lipinski definition) is 3. The molecule has 1 aromatic heterocycles. The van der Waals surface area contributed by atoms with E-state index in [0.29, 0.717) is 17.1 Å². The Hall–Kier alpha value is -3.93. The van der Waals surface area contributed by atoms with Gasteiger partial charge < -0.3 is 9.88 Å². The molecule has 6 heteroatoms. The van der Waals surface area contributed by atoms with Gasteiger partial charge >= 0.3 is 0 Å². The van der Waals surface area contributed by atoms with Crippen LogP contribution in [0.25, 0.3) is 16.5 Å². The summed E-state index contributed by atoms with van der Waals surface area (Å²) >= 11 is 0. The van der Waals surface area contributed by atoms with E-state index >= 15 is 0 Å². The Labute approximate surface area is 167 Å². The van der Waals surface area contributed by atoms with Gasteiger partial charge in [0, 0.05) is 29.2 Å². The highest BCUT2D eigenvalue weighted by molar-refractivity contribution is 6.21. The molecule has 0 radical (unpaired) electrons. The number of hydrogen-bond donors (Lipinski definition) is 1. The van der Waals surface area contributed by atoms with Crippen LogP contribution in [-0.4, -0.2) is 21.4 Å². The number of fused-ring (bicyclic) bond motifs is 3. The van der Waals surface area contributed by atoms with Crippen molar-refractivity contribution in [2.24, 2.45) is 0 Å². The average Bonchev–Trinajstić information content (AvgIpc) is 3.10. The molecular formula is C23H18N4O2. The minimum absolute atomic E-state index is 0.203. The lowest BCUT2D eigenvalue weighted by Gasteiger charge is -2.23.